The zero-order valence-corrected chi connectivity index (χ0v) is 17.8. The van der Waals surface area contributed by atoms with Gasteiger partial charge in [-0.2, -0.15) is 0 Å². The first-order chi connectivity index (χ1) is 16.2. The van der Waals surface area contributed by atoms with Gasteiger partial charge >= 0.3 is 50.1 Å². The van der Waals surface area contributed by atoms with Crippen molar-refractivity contribution in [1.29, 1.82) is 0 Å². The van der Waals surface area contributed by atoms with Crippen LogP contribution in [0.4, 0.5) is 0 Å². The predicted molar refractivity (Wildman–Crippen MR) is 119 cm³/mol. The third kappa shape index (κ3) is 15.8. The number of carboxylic acids is 2. The van der Waals surface area contributed by atoms with Crippen LogP contribution in [0, 0.1) is 0 Å². The number of hydrogen-bond acceptors (Lipinski definition) is 15. The quantitative estimate of drug-likeness (QED) is 0.134. The van der Waals surface area contributed by atoms with Crippen molar-refractivity contribution < 1.29 is 77.6 Å². The summed E-state index contributed by atoms with van der Waals surface area (Å²) in [6, 6.07) is 0. The summed E-state index contributed by atoms with van der Waals surface area (Å²) in [5, 5.41) is 36.3. The minimum atomic E-state index is -3.30. The summed E-state index contributed by atoms with van der Waals surface area (Å²) < 4.78 is 18.4. The molecule has 0 amide bonds. The van der Waals surface area contributed by atoms with Crippen molar-refractivity contribution in [2.75, 3.05) is 7.05 Å². The van der Waals surface area contributed by atoms with E-state index in [0.717, 1.165) is 0 Å². The zero-order chi connectivity index (χ0) is 27.2. The summed E-state index contributed by atoms with van der Waals surface area (Å²) >= 11 is 0. The monoisotopic (exact) mass is 536 g/mol. The van der Waals surface area contributed by atoms with E-state index in [4.69, 9.17) is 34.9 Å². The highest BCUT2D eigenvalue weighted by molar-refractivity contribution is 6.73. The Hall–Kier alpha value is -4.59. The molecule has 21 heteroatoms. The fraction of sp³-hybridized carbons (Fsp3) is 0.250. The molecule has 0 saturated carbocycles. The molecule has 3 aliphatic rings. The number of aryl methyl sites for hydroxylation is 1. The summed E-state index contributed by atoms with van der Waals surface area (Å²) in [5.41, 5.74) is 0. The number of carbonyl (C=O) groups excluding carboxylic acids is 4. The normalized spacial score (nSPS) is 16.5. The van der Waals surface area contributed by atoms with Crippen molar-refractivity contribution in [2.45, 2.75) is 14.9 Å². The molecule has 19 nitrogen and oxygen atoms in total. The Morgan fingerprint density at radius 1 is 0.919 bits per heavy atom. The van der Waals surface area contributed by atoms with Gasteiger partial charge in [0.25, 0.3) is 0 Å². The highest BCUT2D eigenvalue weighted by Crippen LogP contribution is 2.24. The van der Waals surface area contributed by atoms with Crippen LogP contribution in [-0.4, -0.2) is 98.3 Å². The smallest absolute Gasteiger partial charge is 0.576 e. The van der Waals surface area contributed by atoms with Crippen LogP contribution in [-0.2, 0) is 54.4 Å². The molecule has 2 saturated heterocycles. The van der Waals surface area contributed by atoms with Crippen LogP contribution in [0.15, 0.2) is 36.1 Å². The van der Waals surface area contributed by atoms with E-state index in [1.807, 2.05) is 37.4 Å². The number of carboxylic acid groups (broad SMARTS) is 2. The van der Waals surface area contributed by atoms with Crippen molar-refractivity contribution in [3.8, 4) is 0 Å². The molecular formula is C16H26B2N4O15. The van der Waals surface area contributed by atoms with Crippen LogP contribution in [0.5, 0.6) is 0 Å². The topological polar surface area (TPSA) is 275 Å². The highest BCUT2D eigenvalue weighted by Gasteiger charge is 2.60. The van der Waals surface area contributed by atoms with Crippen molar-refractivity contribution in [2.24, 2.45) is 12.0 Å². The average molecular weight is 536 g/mol. The van der Waals surface area contributed by atoms with Crippen molar-refractivity contribution in [3.63, 3.8) is 0 Å². The molecule has 1 atom stereocenters. The minimum absolute atomic E-state index is 0. The summed E-state index contributed by atoms with van der Waals surface area (Å²) in [5.74, 6) is -9.14. The van der Waals surface area contributed by atoms with Crippen LogP contribution < -0.4 is 4.90 Å². The summed E-state index contributed by atoms with van der Waals surface area (Å²) in [6.45, 7) is -3.30. The lowest BCUT2D eigenvalue weighted by Crippen LogP contribution is -3.01. The summed E-state index contributed by atoms with van der Waals surface area (Å²) in [7, 11) is 1.79. The van der Waals surface area contributed by atoms with E-state index in [9.17, 15) is 19.2 Å². The Bertz CT molecular complexity index is 885. The maximum Gasteiger partial charge on any atom is 0.786 e. The van der Waals surface area contributed by atoms with E-state index in [1.165, 1.54) is 4.90 Å². The first kappa shape index (κ1) is 37.0. The van der Waals surface area contributed by atoms with E-state index in [2.05, 4.69) is 28.6 Å². The van der Waals surface area contributed by atoms with Crippen molar-refractivity contribution in [3.05, 3.63) is 31.1 Å². The maximum atomic E-state index is 10.5. The molecule has 0 bridgehead atoms. The Kier molecular flexibility index (Phi) is 17.8. The van der Waals surface area contributed by atoms with Gasteiger partial charge in [0, 0.05) is 19.4 Å². The summed E-state index contributed by atoms with van der Waals surface area (Å²) in [6.07, 6.45) is 11.0. The lowest BCUT2D eigenvalue weighted by Gasteiger charge is -2.21. The van der Waals surface area contributed by atoms with Crippen molar-refractivity contribution >= 4 is 56.4 Å². The molecule has 0 radical (unpaired) electrons. The SMILES string of the molecule is C.C.C[NH+]1C=CN=C1.Cn1ccnc1.O=C(O)C(=O)O.O=C1O[B-]2(OC1=O)OC(=O)C(=O)O2.OB(O)O. The van der Waals surface area contributed by atoms with Gasteiger partial charge in [0.1, 0.15) is 6.20 Å². The Morgan fingerprint density at radius 3 is 1.43 bits per heavy atom. The second-order valence-corrected chi connectivity index (χ2v) is 5.72. The molecule has 1 spiro atoms. The number of rotatable bonds is 0. The van der Waals surface area contributed by atoms with Crippen molar-refractivity contribution in [1.82, 2.24) is 9.55 Å². The maximum absolute atomic E-state index is 10.5. The van der Waals surface area contributed by atoms with Crippen LogP contribution in [0.3, 0.4) is 0 Å². The Morgan fingerprint density at radius 2 is 1.30 bits per heavy atom. The molecule has 1 aromatic rings. The number of carbonyl (C=O) groups is 6. The molecule has 6 N–H and O–H groups in total. The number of aliphatic imine (C=N–C) groups is 1. The number of hydrogen-bond donors (Lipinski definition) is 6. The van der Waals surface area contributed by atoms with E-state index >= 15 is 0 Å². The second-order valence-electron chi connectivity index (χ2n) is 5.72. The summed E-state index contributed by atoms with van der Waals surface area (Å²) in [4.78, 5) is 69.0. The highest BCUT2D eigenvalue weighted by atomic mass is 17.0. The van der Waals surface area contributed by atoms with Gasteiger partial charge in [-0.25, -0.2) is 38.7 Å². The van der Waals surface area contributed by atoms with Gasteiger partial charge in [0.15, 0.2) is 6.34 Å². The van der Waals surface area contributed by atoms with Gasteiger partial charge in [-0.1, -0.05) is 14.9 Å². The van der Waals surface area contributed by atoms with Crippen LogP contribution in [0.1, 0.15) is 14.9 Å². The minimum Gasteiger partial charge on any atom is -0.576 e. The van der Waals surface area contributed by atoms with E-state index < -0.39 is 50.1 Å². The lowest BCUT2D eigenvalue weighted by atomic mass is 10.1. The van der Waals surface area contributed by atoms with Crippen LogP contribution >= 0.6 is 0 Å². The first-order valence-electron chi connectivity index (χ1n) is 8.70. The van der Waals surface area contributed by atoms with Gasteiger partial charge in [-0.15, -0.1) is 0 Å². The fourth-order valence-corrected chi connectivity index (χ4v) is 1.55. The largest absolute Gasteiger partial charge is 0.786 e. The molecule has 2 fully saturated rings. The molecule has 0 aliphatic carbocycles. The first-order valence-corrected chi connectivity index (χ1v) is 8.70. The van der Waals surface area contributed by atoms with Crippen LogP contribution in [0.25, 0.3) is 0 Å². The van der Waals surface area contributed by atoms with Crippen LogP contribution in [0.2, 0.25) is 0 Å². The Balaban J connectivity index is -0.000000416. The number of imidazole rings is 1. The number of quaternary nitrogens is 1. The number of aromatic nitrogens is 2. The van der Waals surface area contributed by atoms with Gasteiger partial charge in [-0.3, -0.25) is 4.90 Å². The number of aliphatic carboxylic acids is 2. The molecule has 4 heterocycles. The van der Waals surface area contributed by atoms with E-state index in [1.54, 1.807) is 18.7 Å². The molecule has 3 aliphatic heterocycles. The molecule has 1 aromatic heterocycles. The molecule has 206 valence electrons. The van der Waals surface area contributed by atoms with E-state index in [-0.39, 0.29) is 14.9 Å². The fourth-order valence-electron chi connectivity index (χ4n) is 1.55. The average Bonchev–Trinajstić information content (AvgIpc) is 3.50. The zero-order valence-electron chi connectivity index (χ0n) is 17.8. The molecule has 1 unspecified atom stereocenters. The standard InChI is InChI=1S/C4BO8.2C4H6N2.C2H2O4.2CH4.BH3O3/c6-1-2(7)11-5(10-1)12-3(8)4(9)13-5;2*1-6-3-2-5-4-6;3-1(4)2(5)6;;;2-1(3)4/h;2*2-4H,1H3;(H,3,4)(H,5,6);2*1H4;2-4H/q-1;;;;;;/p+1. The Labute approximate surface area is 209 Å². The molecule has 0 aromatic carbocycles. The number of nitrogens with zero attached hydrogens (tertiary/aromatic N) is 3. The molecule has 37 heavy (non-hydrogen) atoms. The molecule has 4 rings (SSSR count). The van der Waals surface area contributed by atoms with Gasteiger partial charge in [-0.05, 0) is 0 Å². The van der Waals surface area contributed by atoms with E-state index in [0.29, 0.717) is 0 Å². The van der Waals surface area contributed by atoms with Gasteiger partial charge in [0.2, 0.25) is 0 Å². The second kappa shape index (κ2) is 17.8. The third-order valence-corrected chi connectivity index (χ3v) is 2.86. The predicted octanol–water partition coefficient (Wildman–Crippen LogP) is -4.57. The molecular weight excluding hydrogens is 510 g/mol. The van der Waals surface area contributed by atoms with Gasteiger partial charge < -0.3 is 48.5 Å². The van der Waals surface area contributed by atoms with Gasteiger partial charge in [0.05, 0.1) is 19.6 Å². The lowest BCUT2D eigenvalue weighted by molar-refractivity contribution is -0.709. The number of nitrogens with one attached hydrogen (secondary N) is 1. The third-order valence-electron chi connectivity index (χ3n) is 2.86.